The van der Waals surface area contributed by atoms with E-state index in [-0.39, 0.29) is 0 Å². The zero-order valence-corrected chi connectivity index (χ0v) is 16.5. The van der Waals surface area contributed by atoms with Gasteiger partial charge in [0, 0.05) is 0 Å². The first-order valence-electron chi connectivity index (χ1n) is 10.1. The molecule has 1 saturated carbocycles. The molecule has 0 aromatic heterocycles. The second-order valence-electron chi connectivity index (χ2n) is 7.54. The fourth-order valence-corrected chi connectivity index (χ4v) is 4.35. The summed E-state index contributed by atoms with van der Waals surface area (Å²) in [6.45, 7) is 4.30. The van der Waals surface area contributed by atoms with E-state index in [1.165, 1.54) is 47.9 Å². The maximum Gasteiger partial charge on any atom is 0.122 e. The van der Waals surface area contributed by atoms with Gasteiger partial charge < -0.3 is 4.74 Å². The van der Waals surface area contributed by atoms with Crippen molar-refractivity contribution in [3.8, 4) is 5.75 Å². The molecule has 0 bridgehead atoms. The van der Waals surface area contributed by atoms with Gasteiger partial charge in [-0.3, -0.25) is 0 Å². The lowest BCUT2D eigenvalue weighted by atomic mass is 9.76. The van der Waals surface area contributed by atoms with Gasteiger partial charge in [-0.2, -0.15) is 0 Å². The molecule has 1 aliphatic carbocycles. The normalized spacial score (nSPS) is 20.4. The summed E-state index contributed by atoms with van der Waals surface area (Å²) in [7, 11) is 1.78. The number of allylic oxidation sites excluding steroid dienone is 1. The zero-order chi connectivity index (χ0) is 18.4. The summed E-state index contributed by atoms with van der Waals surface area (Å²) in [6, 6.07) is 16.0. The van der Waals surface area contributed by atoms with Gasteiger partial charge >= 0.3 is 0 Å². The highest BCUT2D eigenvalue weighted by molar-refractivity contribution is 5.49. The Morgan fingerprint density at radius 1 is 0.923 bits per heavy atom. The first-order valence-corrected chi connectivity index (χ1v) is 10.1. The van der Waals surface area contributed by atoms with Crippen LogP contribution in [0.25, 0.3) is 6.08 Å². The second kappa shape index (κ2) is 9.07. The Hall–Kier alpha value is -2.02. The van der Waals surface area contributed by atoms with Crippen molar-refractivity contribution in [2.75, 3.05) is 7.11 Å². The van der Waals surface area contributed by atoms with Crippen molar-refractivity contribution in [1.29, 1.82) is 0 Å². The van der Waals surface area contributed by atoms with Crippen molar-refractivity contribution < 1.29 is 4.74 Å². The van der Waals surface area contributed by atoms with Crippen molar-refractivity contribution in [3.63, 3.8) is 0 Å². The Kier molecular flexibility index (Phi) is 6.55. The van der Waals surface area contributed by atoms with Gasteiger partial charge in [0.2, 0.25) is 0 Å². The predicted octanol–water partition coefficient (Wildman–Crippen LogP) is 7.12. The molecule has 26 heavy (non-hydrogen) atoms. The average Bonchev–Trinajstić information content (AvgIpc) is 2.69. The Bertz CT molecular complexity index is 718. The van der Waals surface area contributed by atoms with Gasteiger partial charge in [-0.05, 0) is 79.2 Å². The van der Waals surface area contributed by atoms with Gasteiger partial charge in [-0.25, -0.2) is 0 Å². The van der Waals surface area contributed by atoms with Crippen LogP contribution in [0, 0.1) is 0 Å². The van der Waals surface area contributed by atoms with Gasteiger partial charge in [-0.15, -0.1) is 0 Å². The molecule has 0 amide bonds. The molecule has 1 aliphatic rings. The monoisotopic (exact) mass is 348 g/mol. The molecular weight excluding hydrogens is 316 g/mol. The molecule has 0 atom stereocenters. The van der Waals surface area contributed by atoms with Gasteiger partial charge in [0.1, 0.15) is 5.75 Å². The van der Waals surface area contributed by atoms with Crippen LogP contribution in [0.2, 0.25) is 0 Å². The molecule has 0 N–H and O–H groups in total. The van der Waals surface area contributed by atoms with E-state index in [0.29, 0.717) is 5.92 Å². The third-order valence-corrected chi connectivity index (χ3v) is 5.79. The number of ether oxygens (including phenoxy) is 1. The summed E-state index contributed by atoms with van der Waals surface area (Å²) in [5.74, 6) is 2.47. The third kappa shape index (κ3) is 4.38. The molecule has 3 rings (SSSR count). The molecule has 0 heterocycles. The molecule has 2 aromatic carbocycles. The van der Waals surface area contributed by atoms with E-state index in [1.807, 2.05) is 0 Å². The molecule has 2 aromatic rings. The number of aryl methyl sites for hydroxylation is 1. The molecule has 0 saturated heterocycles. The Morgan fingerprint density at radius 2 is 1.54 bits per heavy atom. The fourth-order valence-electron chi connectivity index (χ4n) is 4.35. The van der Waals surface area contributed by atoms with E-state index in [9.17, 15) is 0 Å². The Labute approximate surface area is 159 Å². The first kappa shape index (κ1) is 18.8. The summed E-state index contributed by atoms with van der Waals surface area (Å²) >= 11 is 0. The summed E-state index contributed by atoms with van der Waals surface area (Å²) in [5, 5.41) is 0. The van der Waals surface area contributed by atoms with Crippen LogP contribution in [-0.4, -0.2) is 7.11 Å². The lowest BCUT2D eigenvalue weighted by Crippen LogP contribution is -2.12. The third-order valence-electron chi connectivity index (χ3n) is 5.79. The minimum atomic E-state index is 0.704. The van der Waals surface area contributed by atoms with Gasteiger partial charge in [0.15, 0.2) is 0 Å². The van der Waals surface area contributed by atoms with Crippen LogP contribution in [0.3, 0.4) is 0 Å². The zero-order valence-electron chi connectivity index (χ0n) is 16.5. The van der Waals surface area contributed by atoms with E-state index >= 15 is 0 Å². The maximum atomic E-state index is 5.54. The van der Waals surface area contributed by atoms with Crippen LogP contribution in [0.5, 0.6) is 5.75 Å². The SMILES string of the molecule is CC=Cc1ccc(C2CCC(c3ccc(OC)c(CCC)c3)CC2)cc1. The molecular formula is C25H32O. The van der Waals surface area contributed by atoms with Crippen molar-refractivity contribution in [2.24, 2.45) is 0 Å². The smallest absolute Gasteiger partial charge is 0.122 e. The number of rotatable bonds is 6. The standard InChI is InChI=1S/C25H32O/c1-4-6-19-8-10-20(11-9-19)21-12-14-22(15-13-21)23-16-17-25(26-3)24(18-23)7-5-2/h4,6,8-11,16-18,21-22H,5,7,12-15H2,1-3H3. The molecule has 1 heteroatoms. The van der Waals surface area contributed by atoms with Crippen LogP contribution < -0.4 is 4.74 Å². The quantitative estimate of drug-likeness (QED) is 0.540. The molecule has 0 spiro atoms. The highest BCUT2D eigenvalue weighted by atomic mass is 16.5. The summed E-state index contributed by atoms with van der Waals surface area (Å²) < 4.78 is 5.54. The minimum Gasteiger partial charge on any atom is -0.496 e. The van der Waals surface area contributed by atoms with Crippen molar-refractivity contribution in [1.82, 2.24) is 0 Å². The van der Waals surface area contributed by atoms with E-state index in [2.05, 4.69) is 68.5 Å². The average molecular weight is 349 g/mol. The Balaban J connectivity index is 1.65. The van der Waals surface area contributed by atoms with Gasteiger partial charge in [0.25, 0.3) is 0 Å². The van der Waals surface area contributed by atoms with E-state index in [0.717, 1.165) is 24.5 Å². The molecule has 0 radical (unpaired) electrons. The fraction of sp³-hybridized carbons (Fsp3) is 0.440. The van der Waals surface area contributed by atoms with Crippen LogP contribution in [0.4, 0.5) is 0 Å². The highest BCUT2D eigenvalue weighted by Gasteiger charge is 2.24. The maximum absolute atomic E-state index is 5.54. The number of methoxy groups -OCH3 is 1. The topological polar surface area (TPSA) is 9.23 Å². The predicted molar refractivity (Wildman–Crippen MR) is 112 cm³/mol. The highest BCUT2D eigenvalue weighted by Crippen LogP contribution is 2.41. The van der Waals surface area contributed by atoms with Crippen LogP contribution >= 0.6 is 0 Å². The van der Waals surface area contributed by atoms with Crippen molar-refractivity contribution in [2.45, 2.75) is 64.2 Å². The van der Waals surface area contributed by atoms with Gasteiger partial charge in [-0.1, -0.05) is 61.9 Å². The molecule has 138 valence electrons. The summed E-state index contributed by atoms with van der Waals surface area (Å²) in [5.41, 5.74) is 5.69. The van der Waals surface area contributed by atoms with Crippen LogP contribution in [0.15, 0.2) is 48.5 Å². The summed E-state index contributed by atoms with van der Waals surface area (Å²) in [6.07, 6.45) is 11.7. The summed E-state index contributed by atoms with van der Waals surface area (Å²) in [4.78, 5) is 0. The molecule has 1 nitrogen and oxygen atoms in total. The molecule has 1 fully saturated rings. The van der Waals surface area contributed by atoms with Gasteiger partial charge in [0.05, 0.1) is 7.11 Å². The number of benzene rings is 2. The Morgan fingerprint density at radius 3 is 2.12 bits per heavy atom. The van der Waals surface area contributed by atoms with Crippen LogP contribution in [-0.2, 0) is 6.42 Å². The number of hydrogen-bond acceptors (Lipinski definition) is 1. The van der Waals surface area contributed by atoms with Crippen LogP contribution in [0.1, 0.15) is 80.0 Å². The molecule has 0 aliphatic heterocycles. The van der Waals surface area contributed by atoms with Crippen molar-refractivity contribution >= 4 is 6.08 Å². The lowest BCUT2D eigenvalue weighted by Gasteiger charge is -2.29. The van der Waals surface area contributed by atoms with E-state index < -0.39 is 0 Å². The van der Waals surface area contributed by atoms with Crippen molar-refractivity contribution in [3.05, 3.63) is 70.8 Å². The van der Waals surface area contributed by atoms with E-state index in [4.69, 9.17) is 4.74 Å². The second-order valence-corrected chi connectivity index (χ2v) is 7.54. The minimum absolute atomic E-state index is 0.704. The van der Waals surface area contributed by atoms with E-state index in [1.54, 1.807) is 7.11 Å². The lowest BCUT2D eigenvalue weighted by molar-refractivity contribution is 0.393. The molecule has 0 unspecified atom stereocenters. The largest absolute Gasteiger partial charge is 0.496 e. The number of hydrogen-bond donors (Lipinski definition) is 0. The first-order chi connectivity index (χ1) is 12.7.